The Morgan fingerprint density at radius 3 is 2.55 bits per heavy atom. The first-order valence-corrected chi connectivity index (χ1v) is 7.03. The number of halogens is 1. The maximum Gasteiger partial charge on any atom is 0.144 e. The van der Waals surface area contributed by atoms with E-state index in [2.05, 4.69) is 12.2 Å². The number of nitrogens with two attached hydrogens (primary N) is 1. The van der Waals surface area contributed by atoms with Gasteiger partial charge < -0.3 is 15.8 Å². The van der Waals surface area contributed by atoms with E-state index >= 15 is 0 Å². The van der Waals surface area contributed by atoms with Crippen molar-refractivity contribution in [3.05, 3.63) is 53.1 Å². The third-order valence-electron chi connectivity index (χ3n) is 3.11. The number of ether oxygens (including phenoxy) is 1. The zero-order valence-electron chi connectivity index (χ0n) is 11.7. The van der Waals surface area contributed by atoms with Gasteiger partial charge >= 0.3 is 0 Å². The van der Waals surface area contributed by atoms with E-state index in [-0.39, 0.29) is 6.04 Å². The highest BCUT2D eigenvalue weighted by Crippen LogP contribution is 2.32. The van der Waals surface area contributed by atoms with Crippen LogP contribution in [0.15, 0.2) is 42.5 Å². The Kier molecular flexibility index (Phi) is 4.74. The first-order valence-electron chi connectivity index (χ1n) is 6.65. The Bertz CT molecular complexity index is 569. The average Bonchev–Trinajstić information content (AvgIpc) is 2.44. The molecule has 0 fully saturated rings. The van der Waals surface area contributed by atoms with Crippen molar-refractivity contribution in [2.45, 2.75) is 19.9 Å². The lowest BCUT2D eigenvalue weighted by Crippen LogP contribution is -2.09. The Morgan fingerprint density at radius 2 is 1.90 bits per heavy atom. The molecule has 0 aromatic heterocycles. The largest absolute Gasteiger partial charge is 0.492 e. The Labute approximate surface area is 124 Å². The van der Waals surface area contributed by atoms with Crippen LogP contribution in [0.2, 0.25) is 5.02 Å². The molecule has 4 heteroatoms. The standard InChI is InChI=1S/C16H19ClN2O/c1-3-20-15-6-4-5-14(16(15)18)19-11(2)12-7-9-13(17)10-8-12/h4-11,19H,3,18H2,1-2H3. The summed E-state index contributed by atoms with van der Waals surface area (Å²) in [6.07, 6.45) is 0. The van der Waals surface area contributed by atoms with Gasteiger partial charge in [-0.2, -0.15) is 0 Å². The van der Waals surface area contributed by atoms with E-state index in [9.17, 15) is 0 Å². The van der Waals surface area contributed by atoms with E-state index < -0.39 is 0 Å². The quantitative estimate of drug-likeness (QED) is 0.797. The summed E-state index contributed by atoms with van der Waals surface area (Å²) in [5.74, 6) is 0.709. The second-order valence-corrected chi connectivity index (χ2v) is 5.00. The van der Waals surface area contributed by atoms with Gasteiger partial charge in [0.25, 0.3) is 0 Å². The molecule has 0 aliphatic heterocycles. The summed E-state index contributed by atoms with van der Waals surface area (Å²) >= 11 is 5.90. The molecule has 0 spiro atoms. The Morgan fingerprint density at radius 1 is 1.20 bits per heavy atom. The zero-order valence-corrected chi connectivity index (χ0v) is 12.4. The van der Waals surface area contributed by atoms with Gasteiger partial charge in [0, 0.05) is 11.1 Å². The van der Waals surface area contributed by atoms with E-state index in [4.69, 9.17) is 22.1 Å². The van der Waals surface area contributed by atoms with Gasteiger partial charge in [-0.1, -0.05) is 29.8 Å². The lowest BCUT2D eigenvalue weighted by atomic mass is 10.1. The minimum absolute atomic E-state index is 0.131. The molecule has 0 aliphatic carbocycles. The molecule has 3 N–H and O–H groups in total. The smallest absolute Gasteiger partial charge is 0.144 e. The predicted molar refractivity (Wildman–Crippen MR) is 85.5 cm³/mol. The molecule has 0 saturated carbocycles. The highest BCUT2D eigenvalue weighted by Gasteiger charge is 2.10. The number of para-hydroxylation sites is 1. The van der Waals surface area contributed by atoms with Crippen LogP contribution in [0.5, 0.6) is 5.75 Å². The molecule has 106 valence electrons. The second kappa shape index (κ2) is 6.53. The van der Waals surface area contributed by atoms with Crippen molar-refractivity contribution in [2.24, 2.45) is 0 Å². The van der Waals surface area contributed by atoms with Crippen molar-refractivity contribution in [1.29, 1.82) is 0 Å². The highest BCUT2D eigenvalue weighted by atomic mass is 35.5. The van der Waals surface area contributed by atoms with Crippen LogP contribution in [0.4, 0.5) is 11.4 Å². The molecule has 3 nitrogen and oxygen atoms in total. The Balaban J connectivity index is 2.17. The molecular weight excluding hydrogens is 272 g/mol. The molecular formula is C16H19ClN2O. The molecule has 0 saturated heterocycles. The van der Waals surface area contributed by atoms with Gasteiger partial charge in [-0.15, -0.1) is 0 Å². The minimum Gasteiger partial charge on any atom is -0.492 e. The molecule has 20 heavy (non-hydrogen) atoms. The molecule has 2 aromatic rings. The normalized spacial score (nSPS) is 11.9. The van der Waals surface area contributed by atoms with Crippen molar-refractivity contribution >= 4 is 23.0 Å². The van der Waals surface area contributed by atoms with Crippen molar-refractivity contribution in [3.8, 4) is 5.75 Å². The van der Waals surface area contributed by atoms with Gasteiger partial charge in [0.15, 0.2) is 0 Å². The summed E-state index contributed by atoms with van der Waals surface area (Å²) in [4.78, 5) is 0. The van der Waals surface area contributed by atoms with Crippen LogP contribution >= 0.6 is 11.6 Å². The zero-order chi connectivity index (χ0) is 14.5. The van der Waals surface area contributed by atoms with Gasteiger partial charge in [-0.25, -0.2) is 0 Å². The maximum absolute atomic E-state index is 6.11. The lowest BCUT2D eigenvalue weighted by molar-refractivity contribution is 0.342. The third-order valence-corrected chi connectivity index (χ3v) is 3.36. The van der Waals surface area contributed by atoms with E-state index in [1.165, 1.54) is 0 Å². The van der Waals surface area contributed by atoms with E-state index in [0.29, 0.717) is 18.0 Å². The van der Waals surface area contributed by atoms with Gasteiger partial charge in [0.05, 0.1) is 18.0 Å². The van der Waals surface area contributed by atoms with Crippen LogP contribution in [-0.2, 0) is 0 Å². The summed E-state index contributed by atoms with van der Waals surface area (Å²) in [5, 5.41) is 4.13. The number of rotatable bonds is 5. The maximum atomic E-state index is 6.11. The summed E-state index contributed by atoms with van der Waals surface area (Å²) in [6, 6.07) is 13.7. The van der Waals surface area contributed by atoms with Crippen molar-refractivity contribution in [3.63, 3.8) is 0 Å². The fraction of sp³-hybridized carbons (Fsp3) is 0.250. The topological polar surface area (TPSA) is 47.3 Å². The predicted octanol–water partition coefficient (Wildman–Crippen LogP) is 4.49. The summed E-state index contributed by atoms with van der Waals surface area (Å²) in [5.41, 5.74) is 8.77. The Hall–Kier alpha value is -1.87. The molecule has 2 aromatic carbocycles. The summed E-state index contributed by atoms with van der Waals surface area (Å²) in [7, 11) is 0. The number of hydrogen-bond acceptors (Lipinski definition) is 3. The fourth-order valence-corrected chi connectivity index (χ4v) is 2.15. The van der Waals surface area contributed by atoms with Crippen LogP contribution in [0.3, 0.4) is 0 Å². The van der Waals surface area contributed by atoms with Crippen LogP contribution in [-0.4, -0.2) is 6.61 Å². The average molecular weight is 291 g/mol. The van der Waals surface area contributed by atoms with Crippen LogP contribution in [0.25, 0.3) is 0 Å². The monoisotopic (exact) mass is 290 g/mol. The number of nitrogen functional groups attached to an aromatic ring is 1. The van der Waals surface area contributed by atoms with Crippen molar-refractivity contribution in [1.82, 2.24) is 0 Å². The van der Waals surface area contributed by atoms with E-state index in [1.54, 1.807) is 0 Å². The van der Waals surface area contributed by atoms with Crippen LogP contribution in [0, 0.1) is 0 Å². The van der Waals surface area contributed by atoms with Gasteiger partial charge in [-0.3, -0.25) is 0 Å². The molecule has 0 aliphatic rings. The van der Waals surface area contributed by atoms with Crippen molar-refractivity contribution < 1.29 is 4.74 Å². The minimum atomic E-state index is 0.131. The van der Waals surface area contributed by atoms with Gasteiger partial charge in [0.2, 0.25) is 0 Å². The van der Waals surface area contributed by atoms with Crippen LogP contribution < -0.4 is 15.8 Å². The number of anilines is 2. The lowest BCUT2D eigenvalue weighted by Gasteiger charge is -2.18. The fourth-order valence-electron chi connectivity index (χ4n) is 2.02. The molecule has 0 amide bonds. The highest BCUT2D eigenvalue weighted by molar-refractivity contribution is 6.30. The first-order chi connectivity index (χ1) is 9.61. The molecule has 2 rings (SSSR count). The molecule has 0 radical (unpaired) electrons. The third kappa shape index (κ3) is 3.36. The number of nitrogens with one attached hydrogen (secondary N) is 1. The van der Waals surface area contributed by atoms with E-state index in [1.807, 2.05) is 49.4 Å². The van der Waals surface area contributed by atoms with Crippen molar-refractivity contribution in [2.75, 3.05) is 17.7 Å². The van der Waals surface area contributed by atoms with Gasteiger partial charge in [0.1, 0.15) is 5.75 Å². The number of benzene rings is 2. The summed E-state index contributed by atoms with van der Waals surface area (Å²) < 4.78 is 5.50. The van der Waals surface area contributed by atoms with E-state index in [0.717, 1.165) is 16.3 Å². The van der Waals surface area contributed by atoms with Crippen LogP contribution in [0.1, 0.15) is 25.5 Å². The SMILES string of the molecule is CCOc1cccc(NC(C)c2ccc(Cl)cc2)c1N. The molecule has 1 unspecified atom stereocenters. The molecule has 0 bridgehead atoms. The summed E-state index contributed by atoms with van der Waals surface area (Å²) in [6.45, 7) is 4.62. The molecule has 0 heterocycles. The molecule has 1 atom stereocenters. The first kappa shape index (κ1) is 14.5. The van der Waals surface area contributed by atoms with Gasteiger partial charge in [-0.05, 0) is 43.7 Å². The number of hydrogen-bond donors (Lipinski definition) is 2. The second-order valence-electron chi connectivity index (χ2n) is 4.57.